The minimum Gasteiger partial charge on any atom is -0.507 e. The van der Waals surface area contributed by atoms with Gasteiger partial charge >= 0.3 is 0 Å². The third kappa shape index (κ3) is 3.29. The summed E-state index contributed by atoms with van der Waals surface area (Å²) >= 11 is 12.1. The molecule has 5 nitrogen and oxygen atoms in total. The van der Waals surface area contributed by atoms with Crippen molar-refractivity contribution in [2.45, 2.75) is 13.0 Å². The summed E-state index contributed by atoms with van der Waals surface area (Å²) in [6.07, 6.45) is 0. The van der Waals surface area contributed by atoms with Crippen LogP contribution in [0.15, 0.2) is 42.0 Å². The van der Waals surface area contributed by atoms with Crippen LogP contribution in [0.2, 0.25) is 10.0 Å². The molecule has 1 aliphatic rings. The Balaban J connectivity index is 2.25. The maximum absolute atomic E-state index is 12.6. The maximum atomic E-state index is 12.6. The molecule has 3 rings (SSSR count). The Morgan fingerprint density at radius 1 is 1.11 bits per heavy atom. The van der Waals surface area contributed by atoms with Crippen molar-refractivity contribution < 1.29 is 19.4 Å². The van der Waals surface area contributed by atoms with E-state index >= 15 is 0 Å². The summed E-state index contributed by atoms with van der Waals surface area (Å²) in [6, 6.07) is 9.26. The molecule has 0 bridgehead atoms. The summed E-state index contributed by atoms with van der Waals surface area (Å²) in [4.78, 5) is 26.3. The number of ketones is 1. The van der Waals surface area contributed by atoms with Crippen molar-refractivity contribution in [3.8, 4) is 5.75 Å². The summed E-state index contributed by atoms with van der Waals surface area (Å²) in [5, 5.41) is 11.6. The summed E-state index contributed by atoms with van der Waals surface area (Å²) < 4.78 is 5.30. The number of hydrogen-bond donors (Lipinski definition) is 1. The van der Waals surface area contributed by atoms with E-state index in [1.54, 1.807) is 30.3 Å². The molecule has 1 amide bonds. The molecule has 2 aromatic rings. The number of halogens is 2. The fourth-order valence-electron chi connectivity index (χ4n) is 3.17. The zero-order chi connectivity index (χ0) is 19.9. The first-order valence-electron chi connectivity index (χ1n) is 8.10. The number of nitrogens with zero attached hydrogens (tertiary/aromatic N) is 1. The van der Waals surface area contributed by atoms with E-state index in [9.17, 15) is 14.7 Å². The molecule has 0 spiro atoms. The van der Waals surface area contributed by atoms with Crippen LogP contribution in [0.5, 0.6) is 5.75 Å². The minimum atomic E-state index is -0.787. The Morgan fingerprint density at radius 3 is 2.44 bits per heavy atom. The zero-order valence-corrected chi connectivity index (χ0v) is 16.4. The molecule has 0 saturated carbocycles. The number of aliphatic hydroxyl groups is 1. The van der Waals surface area contributed by atoms with Crippen molar-refractivity contribution in [3.63, 3.8) is 0 Å². The molecule has 27 heavy (non-hydrogen) atoms. The number of likely N-dealkylation sites (tertiary alicyclic amines) is 1. The van der Waals surface area contributed by atoms with Crippen LogP contribution < -0.4 is 4.74 Å². The van der Waals surface area contributed by atoms with Gasteiger partial charge in [0.25, 0.3) is 11.7 Å². The number of amides is 1. The lowest BCUT2D eigenvalue weighted by molar-refractivity contribution is -0.139. The fraction of sp³-hybridized carbons (Fsp3) is 0.200. The van der Waals surface area contributed by atoms with E-state index in [1.807, 2.05) is 13.0 Å². The van der Waals surface area contributed by atoms with Gasteiger partial charge in [0.15, 0.2) is 0 Å². The minimum absolute atomic E-state index is 0.0233. The molecule has 0 aromatic heterocycles. The molecule has 2 aromatic carbocycles. The standard InChI is InChI=1S/C20H17Cl2NO4/c1-10-4-7-15(27-3)12(8-10)18(24)16-17(23(2)20(26)19(16)25)11-5-6-13(21)14(22)9-11/h4-9,17,24H,1-3H3/b18-16+. The Kier molecular flexibility index (Phi) is 5.18. The van der Waals surface area contributed by atoms with E-state index in [2.05, 4.69) is 0 Å². The number of carbonyl (C=O) groups is 2. The average Bonchev–Trinajstić information content (AvgIpc) is 2.87. The highest BCUT2D eigenvalue weighted by Gasteiger charge is 2.44. The van der Waals surface area contributed by atoms with Gasteiger partial charge in [-0.15, -0.1) is 0 Å². The highest BCUT2D eigenvalue weighted by Crippen LogP contribution is 2.41. The predicted octanol–water partition coefficient (Wildman–Crippen LogP) is 4.36. The molecule has 1 N–H and O–H groups in total. The topological polar surface area (TPSA) is 66.8 Å². The molecule has 1 atom stereocenters. The number of likely N-dealkylation sites (N-methyl/N-ethyl adjacent to an activating group) is 1. The van der Waals surface area contributed by atoms with Crippen LogP contribution in [-0.2, 0) is 9.59 Å². The van der Waals surface area contributed by atoms with Gasteiger partial charge in [0.1, 0.15) is 11.5 Å². The largest absolute Gasteiger partial charge is 0.507 e. The summed E-state index contributed by atoms with van der Waals surface area (Å²) in [5.74, 6) is -1.38. The first kappa shape index (κ1) is 19.3. The lowest BCUT2D eigenvalue weighted by Crippen LogP contribution is -2.24. The number of carbonyl (C=O) groups excluding carboxylic acids is 2. The molecular formula is C20H17Cl2NO4. The van der Waals surface area contributed by atoms with Crippen LogP contribution in [0.3, 0.4) is 0 Å². The van der Waals surface area contributed by atoms with Gasteiger partial charge in [-0.25, -0.2) is 0 Å². The summed E-state index contributed by atoms with van der Waals surface area (Å²) in [5.41, 5.74) is 1.76. The van der Waals surface area contributed by atoms with Crippen molar-refractivity contribution in [1.82, 2.24) is 4.90 Å². The van der Waals surface area contributed by atoms with E-state index in [-0.39, 0.29) is 11.3 Å². The highest BCUT2D eigenvalue weighted by molar-refractivity contribution is 6.46. The van der Waals surface area contributed by atoms with E-state index in [0.717, 1.165) is 5.56 Å². The number of aryl methyl sites for hydroxylation is 1. The molecular weight excluding hydrogens is 389 g/mol. The molecule has 0 aliphatic carbocycles. The average molecular weight is 406 g/mol. The van der Waals surface area contributed by atoms with Gasteiger partial charge in [-0.2, -0.15) is 0 Å². The SMILES string of the molecule is COc1ccc(C)cc1/C(O)=C1\C(=O)C(=O)N(C)C1c1ccc(Cl)c(Cl)c1. The second-order valence-corrected chi connectivity index (χ2v) is 7.10. The van der Waals surface area contributed by atoms with Crippen LogP contribution >= 0.6 is 23.2 Å². The number of methoxy groups -OCH3 is 1. The number of benzene rings is 2. The van der Waals surface area contributed by atoms with E-state index in [0.29, 0.717) is 26.9 Å². The Bertz CT molecular complexity index is 984. The molecule has 1 fully saturated rings. The van der Waals surface area contributed by atoms with Gasteiger partial charge in [-0.05, 0) is 36.8 Å². The van der Waals surface area contributed by atoms with Crippen LogP contribution in [0.4, 0.5) is 0 Å². The molecule has 1 heterocycles. The first-order chi connectivity index (χ1) is 12.8. The van der Waals surface area contributed by atoms with Crippen molar-refractivity contribution in [3.05, 3.63) is 68.7 Å². The second kappa shape index (κ2) is 7.25. The lowest BCUT2D eigenvalue weighted by atomic mass is 9.94. The zero-order valence-electron chi connectivity index (χ0n) is 14.9. The van der Waals surface area contributed by atoms with Crippen molar-refractivity contribution in [2.24, 2.45) is 0 Å². The number of aliphatic hydroxyl groups excluding tert-OH is 1. The van der Waals surface area contributed by atoms with Crippen molar-refractivity contribution in [2.75, 3.05) is 14.2 Å². The normalized spacial score (nSPS) is 18.9. The van der Waals surface area contributed by atoms with Crippen molar-refractivity contribution in [1.29, 1.82) is 0 Å². The molecule has 1 aliphatic heterocycles. The van der Waals surface area contributed by atoms with Gasteiger partial charge in [-0.1, -0.05) is 40.9 Å². The quantitative estimate of drug-likeness (QED) is 0.467. The van der Waals surface area contributed by atoms with Crippen LogP contribution in [0.1, 0.15) is 22.7 Å². The van der Waals surface area contributed by atoms with E-state index in [1.165, 1.54) is 19.1 Å². The number of Topliss-reactive ketones (excluding diaryl/α,β-unsaturated/α-hetero) is 1. The molecule has 0 radical (unpaired) electrons. The molecule has 1 saturated heterocycles. The Hall–Kier alpha value is -2.50. The van der Waals surface area contributed by atoms with Crippen LogP contribution in [0, 0.1) is 6.92 Å². The smallest absolute Gasteiger partial charge is 0.295 e. The lowest BCUT2D eigenvalue weighted by Gasteiger charge is -2.21. The molecule has 1 unspecified atom stereocenters. The van der Waals surface area contributed by atoms with Gasteiger partial charge in [-0.3, -0.25) is 9.59 Å². The van der Waals surface area contributed by atoms with Gasteiger partial charge in [0, 0.05) is 7.05 Å². The molecule has 7 heteroatoms. The van der Waals surface area contributed by atoms with E-state index < -0.39 is 17.7 Å². The Labute approximate surface area is 166 Å². The summed E-state index contributed by atoms with van der Waals surface area (Å²) in [7, 11) is 2.97. The second-order valence-electron chi connectivity index (χ2n) is 6.29. The Morgan fingerprint density at radius 2 is 1.81 bits per heavy atom. The maximum Gasteiger partial charge on any atom is 0.295 e. The van der Waals surface area contributed by atoms with Gasteiger partial charge in [0.05, 0.1) is 34.3 Å². The predicted molar refractivity (Wildman–Crippen MR) is 104 cm³/mol. The van der Waals surface area contributed by atoms with Crippen LogP contribution in [-0.4, -0.2) is 35.9 Å². The number of rotatable bonds is 3. The molecule has 140 valence electrons. The third-order valence-electron chi connectivity index (χ3n) is 4.54. The number of ether oxygens (including phenoxy) is 1. The van der Waals surface area contributed by atoms with Crippen LogP contribution in [0.25, 0.3) is 5.76 Å². The van der Waals surface area contributed by atoms with Gasteiger partial charge < -0.3 is 14.7 Å². The summed E-state index contributed by atoms with van der Waals surface area (Å²) in [6.45, 7) is 1.85. The first-order valence-corrected chi connectivity index (χ1v) is 8.86. The number of hydrogen-bond acceptors (Lipinski definition) is 4. The third-order valence-corrected chi connectivity index (χ3v) is 5.28. The van der Waals surface area contributed by atoms with Gasteiger partial charge in [0.2, 0.25) is 0 Å². The van der Waals surface area contributed by atoms with E-state index in [4.69, 9.17) is 27.9 Å². The fourth-order valence-corrected chi connectivity index (χ4v) is 3.48. The van der Waals surface area contributed by atoms with Crippen molar-refractivity contribution >= 4 is 40.7 Å². The highest BCUT2D eigenvalue weighted by atomic mass is 35.5. The monoisotopic (exact) mass is 405 g/mol.